The van der Waals surface area contributed by atoms with E-state index < -0.39 is 0 Å². The van der Waals surface area contributed by atoms with E-state index in [0.29, 0.717) is 35.3 Å². The molecule has 0 aromatic carbocycles. The zero-order valence-electron chi connectivity index (χ0n) is 11.9. The van der Waals surface area contributed by atoms with E-state index in [1.54, 1.807) is 13.8 Å². The molecule has 1 atom stereocenters. The van der Waals surface area contributed by atoms with Crippen molar-refractivity contribution in [2.24, 2.45) is 0 Å². The van der Waals surface area contributed by atoms with Crippen molar-refractivity contribution in [1.82, 2.24) is 20.6 Å². The third-order valence-electron chi connectivity index (χ3n) is 3.36. The summed E-state index contributed by atoms with van der Waals surface area (Å²) in [4.78, 5) is 16.3. The Kier molecular flexibility index (Phi) is 3.70. The SMILES string of the molecule is Cc1noc(C)c1C(=O)NCc1noc([C@@H]2CCCO2)n1. The lowest BCUT2D eigenvalue weighted by molar-refractivity contribution is 0.0835. The van der Waals surface area contributed by atoms with Gasteiger partial charge in [-0.1, -0.05) is 10.3 Å². The fraction of sp³-hybridized carbons (Fsp3) is 0.538. The normalized spacial score (nSPS) is 18.1. The van der Waals surface area contributed by atoms with E-state index in [-0.39, 0.29) is 18.6 Å². The Morgan fingerprint density at radius 2 is 2.19 bits per heavy atom. The molecule has 8 heteroatoms. The van der Waals surface area contributed by atoms with E-state index in [2.05, 4.69) is 20.6 Å². The second kappa shape index (κ2) is 5.65. The van der Waals surface area contributed by atoms with Crippen molar-refractivity contribution in [2.75, 3.05) is 6.61 Å². The molecule has 0 radical (unpaired) electrons. The van der Waals surface area contributed by atoms with Gasteiger partial charge in [-0.3, -0.25) is 4.79 Å². The summed E-state index contributed by atoms with van der Waals surface area (Å²) in [6.45, 7) is 4.30. The molecule has 8 nitrogen and oxygen atoms in total. The fourth-order valence-corrected chi connectivity index (χ4v) is 2.30. The number of hydrogen-bond donors (Lipinski definition) is 1. The summed E-state index contributed by atoms with van der Waals surface area (Å²) in [5, 5.41) is 10.3. The molecule has 0 spiro atoms. The minimum Gasteiger partial charge on any atom is -0.368 e. The van der Waals surface area contributed by atoms with Gasteiger partial charge in [0.1, 0.15) is 17.4 Å². The van der Waals surface area contributed by atoms with Crippen molar-refractivity contribution in [2.45, 2.75) is 39.3 Å². The molecule has 21 heavy (non-hydrogen) atoms. The highest BCUT2D eigenvalue weighted by atomic mass is 16.5. The lowest BCUT2D eigenvalue weighted by Crippen LogP contribution is -2.24. The van der Waals surface area contributed by atoms with Gasteiger partial charge in [0.05, 0.1) is 12.2 Å². The Morgan fingerprint density at radius 1 is 1.33 bits per heavy atom. The lowest BCUT2D eigenvalue weighted by atomic mass is 10.2. The topological polar surface area (TPSA) is 103 Å². The van der Waals surface area contributed by atoms with Gasteiger partial charge >= 0.3 is 0 Å². The molecule has 1 fully saturated rings. The molecule has 3 heterocycles. The van der Waals surface area contributed by atoms with Crippen molar-refractivity contribution >= 4 is 5.91 Å². The maximum Gasteiger partial charge on any atom is 0.257 e. The van der Waals surface area contributed by atoms with Gasteiger partial charge in [0.15, 0.2) is 5.82 Å². The molecule has 2 aromatic heterocycles. The highest BCUT2D eigenvalue weighted by molar-refractivity contribution is 5.95. The summed E-state index contributed by atoms with van der Waals surface area (Å²) in [5.74, 6) is 1.10. The molecule has 0 aliphatic carbocycles. The van der Waals surface area contributed by atoms with E-state index in [1.807, 2.05) is 0 Å². The number of aryl methyl sites for hydroxylation is 2. The van der Waals surface area contributed by atoms with Crippen LogP contribution in [-0.4, -0.2) is 27.8 Å². The number of rotatable bonds is 4. The molecular weight excluding hydrogens is 276 g/mol. The van der Waals surface area contributed by atoms with Gasteiger partial charge in [-0.15, -0.1) is 0 Å². The number of carbonyl (C=O) groups excluding carboxylic acids is 1. The summed E-state index contributed by atoms with van der Waals surface area (Å²) in [5.41, 5.74) is 0.996. The molecule has 1 saturated heterocycles. The molecule has 0 unspecified atom stereocenters. The highest BCUT2D eigenvalue weighted by Crippen LogP contribution is 2.26. The van der Waals surface area contributed by atoms with Gasteiger partial charge in [-0.2, -0.15) is 4.98 Å². The van der Waals surface area contributed by atoms with Gasteiger partial charge in [0.25, 0.3) is 11.8 Å². The second-order valence-corrected chi connectivity index (χ2v) is 4.93. The molecule has 3 rings (SSSR count). The average Bonchev–Trinajstić information content (AvgIpc) is 3.17. The third-order valence-corrected chi connectivity index (χ3v) is 3.36. The largest absolute Gasteiger partial charge is 0.368 e. The first-order chi connectivity index (χ1) is 10.1. The molecule has 1 N–H and O–H groups in total. The average molecular weight is 292 g/mol. The molecule has 2 aromatic rings. The second-order valence-electron chi connectivity index (χ2n) is 4.93. The minimum absolute atomic E-state index is 0.121. The van der Waals surface area contributed by atoms with Crippen LogP contribution >= 0.6 is 0 Å². The Balaban J connectivity index is 1.61. The zero-order valence-corrected chi connectivity index (χ0v) is 11.9. The Morgan fingerprint density at radius 3 is 2.86 bits per heavy atom. The first-order valence-electron chi connectivity index (χ1n) is 6.80. The van der Waals surface area contributed by atoms with Gasteiger partial charge in [0.2, 0.25) is 0 Å². The standard InChI is InChI=1S/C13H16N4O4/c1-7-11(8(2)20-16-7)12(18)14-6-10-15-13(21-17-10)9-4-3-5-19-9/h9H,3-6H2,1-2H3,(H,14,18)/t9-/m0/s1. The number of aromatic nitrogens is 3. The van der Waals surface area contributed by atoms with Crippen molar-refractivity contribution in [3.8, 4) is 0 Å². The van der Waals surface area contributed by atoms with Crippen LogP contribution in [0, 0.1) is 13.8 Å². The molecule has 112 valence electrons. The van der Waals surface area contributed by atoms with Crippen LogP contribution in [0.25, 0.3) is 0 Å². The maximum absolute atomic E-state index is 12.1. The van der Waals surface area contributed by atoms with E-state index in [1.165, 1.54) is 0 Å². The minimum atomic E-state index is -0.269. The van der Waals surface area contributed by atoms with Crippen molar-refractivity contribution in [3.05, 3.63) is 28.7 Å². The number of nitrogens with one attached hydrogen (secondary N) is 1. The van der Waals surface area contributed by atoms with Gasteiger partial charge < -0.3 is 19.1 Å². The van der Waals surface area contributed by atoms with Gasteiger partial charge in [-0.05, 0) is 26.7 Å². The van der Waals surface area contributed by atoms with Gasteiger partial charge in [-0.25, -0.2) is 0 Å². The number of ether oxygens (including phenoxy) is 1. The summed E-state index contributed by atoms with van der Waals surface area (Å²) in [7, 11) is 0. The monoisotopic (exact) mass is 292 g/mol. The summed E-state index contributed by atoms with van der Waals surface area (Å²) in [6, 6.07) is 0. The van der Waals surface area contributed by atoms with Crippen LogP contribution in [-0.2, 0) is 11.3 Å². The number of hydrogen-bond acceptors (Lipinski definition) is 7. The highest BCUT2D eigenvalue weighted by Gasteiger charge is 2.24. The van der Waals surface area contributed by atoms with Crippen molar-refractivity contribution in [1.29, 1.82) is 0 Å². The van der Waals surface area contributed by atoms with E-state index >= 15 is 0 Å². The molecule has 1 aliphatic heterocycles. The quantitative estimate of drug-likeness (QED) is 0.909. The number of carbonyl (C=O) groups is 1. The van der Waals surface area contributed by atoms with Crippen molar-refractivity contribution < 1.29 is 18.6 Å². The first-order valence-corrected chi connectivity index (χ1v) is 6.80. The predicted octanol–water partition coefficient (Wildman–Crippen LogP) is 1.46. The molecule has 0 bridgehead atoms. The smallest absolute Gasteiger partial charge is 0.257 e. The van der Waals surface area contributed by atoms with Crippen LogP contribution in [0.5, 0.6) is 0 Å². The Labute approximate surface area is 120 Å². The fourth-order valence-electron chi connectivity index (χ4n) is 2.30. The predicted molar refractivity (Wildman–Crippen MR) is 69.4 cm³/mol. The van der Waals surface area contributed by atoms with Crippen LogP contribution in [0.15, 0.2) is 9.05 Å². The zero-order chi connectivity index (χ0) is 14.8. The molecule has 1 aliphatic rings. The summed E-state index contributed by atoms with van der Waals surface area (Å²) in [6.07, 6.45) is 1.75. The van der Waals surface area contributed by atoms with E-state index in [4.69, 9.17) is 13.8 Å². The lowest BCUT2D eigenvalue weighted by Gasteiger charge is -2.01. The summed E-state index contributed by atoms with van der Waals surface area (Å²) >= 11 is 0. The van der Waals surface area contributed by atoms with Gasteiger partial charge in [0, 0.05) is 6.61 Å². The Hall–Kier alpha value is -2.22. The van der Waals surface area contributed by atoms with Crippen LogP contribution in [0.4, 0.5) is 0 Å². The molecule has 1 amide bonds. The first kappa shape index (κ1) is 13.7. The summed E-state index contributed by atoms with van der Waals surface area (Å²) < 4.78 is 15.6. The maximum atomic E-state index is 12.1. The van der Waals surface area contributed by atoms with Crippen LogP contribution in [0.3, 0.4) is 0 Å². The van der Waals surface area contributed by atoms with Crippen molar-refractivity contribution in [3.63, 3.8) is 0 Å². The Bertz CT molecular complexity index is 623. The number of nitrogens with zero attached hydrogens (tertiary/aromatic N) is 3. The van der Waals surface area contributed by atoms with Crippen LogP contribution in [0.1, 0.15) is 52.5 Å². The van der Waals surface area contributed by atoms with Crippen LogP contribution in [0.2, 0.25) is 0 Å². The van der Waals surface area contributed by atoms with E-state index in [9.17, 15) is 4.79 Å². The molecule has 0 saturated carbocycles. The van der Waals surface area contributed by atoms with E-state index in [0.717, 1.165) is 12.8 Å². The third kappa shape index (κ3) is 2.80. The molecular formula is C13H16N4O4. The van der Waals surface area contributed by atoms with Crippen LogP contribution < -0.4 is 5.32 Å². The number of amides is 1.